The fourth-order valence-corrected chi connectivity index (χ4v) is 0.678. The molecule has 0 saturated carbocycles. The summed E-state index contributed by atoms with van der Waals surface area (Å²) in [6.45, 7) is -1.26. The van der Waals surface area contributed by atoms with Crippen molar-refractivity contribution in [1.29, 1.82) is 0 Å². The van der Waals surface area contributed by atoms with E-state index in [1.807, 2.05) is 0 Å². The Morgan fingerprint density at radius 3 is 2.00 bits per heavy atom. The molecule has 0 aliphatic heterocycles. The molecule has 0 aromatic carbocycles. The van der Waals surface area contributed by atoms with Crippen LogP contribution in [0.5, 0.6) is 0 Å². The molecule has 1 aromatic rings. The smallest absolute Gasteiger partial charge is 0.131 e. The Labute approximate surface area is 57.7 Å². The zero-order chi connectivity index (χ0) is 7.40. The lowest BCUT2D eigenvalue weighted by Crippen LogP contribution is -1.89. The van der Waals surface area contributed by atoms with E-state index in [1.54, 1.807) is 6.07 Å². The second-order valence-corrected chi connectivity index (χ2v) is 1.89. The van der Waals surface area contributed by atoms with Gasteiger partial charge in [0.15, 0.2) is 0 Å². The summed E-state index contributed by atoms with van der Waals surface area (Å²) >= 11 is 0. The summed E-state index contributed by atoms with van der Waals surface area (Å²) in [6.07, 6.45) is 0. The van der Waals surface area contributed by atoms with E-state index in [2.05, 4.69) is 4.98 Å². The fraction of sp³-hybridized carbons (Fsp3) is 0.286. The lowest BCUT2D eigenvalue weighted by molar-refractivity contribution is 0.457. The minimum Gasteiger partial charge on any atom is -0.252 e. The zero-order valence-electron chi connectivity index (χ0n) is 5.35. The van der Waals surface area contributed by atoms with Gasteiger partial charge in [-0.05, 0) is 12.1 Å². The molecule has 0 atom stereocenters. The number of alkyl halides is 2. The van der Waals surface area contributed by atoms with E-state index in [1.165, 1.54) is 12.1 Å². The molecular weight excluding hydrogens is 136 g/mol. The van der Waals surface area contributed by atoms with Gasteiger partial charge in [-0.25, -0.2) is 8.78 Å². The van der Waals surface area contributed by atoms with Crippen molar-refractivity contribution in [3.05, 3.63) is 29.6 Å². The van der Waals surface area contributed by atoms with Crippen molar-refractivity contribution in [2.24, 2.45) is 0 Å². The Bertz CT molecular complexity index is 193. The van der Waals surface area contributed by atoms with Gasteiger partial charge in [0.25, 0.3) is 0 Å². The zero-order valence-corrected chi connectivity index (χ0v) is 5.35. The molecule has 54 valence electrons. The van der Waals surface area contributed by atoms with Gasteiger partial charge in [0.2, 0.25) is 0 Å². The normalized spacial score (nSPS) is 9.80. The van der Waals surface area contributed by atoms with Gasteiger partial charge in [-0.2, -0.15) is 0 Å². The number of halogens is 2. The molecule has 0 amide bonds. The van der Waals surface area contributed by atoms with E-state index in [9.17, 15) is 8.78 Å². The SMILES string of the molecule is FCc1cccc(CF)n1. The van der Waals surface area contributed by atoms with Gasteiger partial charge in [0.05, 0.1) is 11.4 Å². The average molecular weight is 143 g/mol. The van der Waals surface area contributed by atoms with Crippen LogP contribution in [0, 0.1) is 0 Å². The van der Waals surface area contributed by atoms with Gasteiger partial charge in [0.1, 0.15) is 13.3 Å². The molecule has 0 N–H and O–H groups in total. The van der Waals surface area contributed by atoms with E-state index < -0.39 is 13.3 Å². The minimum atomic E-state index is -0.631. The van der Waals surface area contributed by atoms with Crippen LogP contribution in [0.2, 0.25) is 0 Å². The summed E-state index contributed by atoms with van der Waals surface area (Å²) < 4.78 is 23.7. The van der Waals surface area contributed by atoms with Crippen LogP contribution in [0.15, 0.2) is 18.2 Å². The fourth-order valence-electron chi connectivity index (χ4n) is 0.678. The van der Waals surface area contributed by atoms with Crippen LogP contribution in [0.1, 0.15) is 11.4 Å². The summed E-state index contributed by atoms with van der Waals surface area (Å²) in [5.41, 5.74) is 0.574. The van der Waals surface area contributed by atoms with Crippen molar-refractivity contribution >= 4 is 0 Å². The molecule has 3 heteroatoms. The maximum Gasteiger partial charge on any atom is 0.131 e. The lowest BCUT2D eigenvalue weighted by Gasteiger charge is -1.94. The van der Waals surface area contributed by atoms with Crippen molar-refractivity contribution in [2.45, 2.75) is 13.3 Å². The highest BCUT2D eigenvalue weighted by Crippen LogP contribution is 2.01. The van der Waals surface area contributed by atoms with Crippen LogP contribution in [0.4, 0.5) is 8.78 Å². The van der Waals surface area contributed by atoms with Gasteiger partial charge < -0.3 is 0 Å². The van der Waals surface area contributed by atoms with Crippen molar-refractivity contribution in [3.8, 4) is 0 Å². The maximum atomic E-state index is 11.9. The molecule has 0 spiro atoms. The first-order chi connectivity index (χ1) is 4.86. The summed E-state index contributed by atoms with van der Waals surface area (Å²) in [5, 5.41) is 0. The van der Waals surface area contributed by atoms with E-state index >= 15 is 0 Å². The van der Waals surface area contributed by atoms with Crippen LogP contribution in [-0.4, -0.2) is 4.98 Å². The van der Waals surface area contributed by atoms with Crippen LogP contribution in [0.25, 0.3) is 0 Å². The van der Waals surface area contributed by atoms with Crippen molar-refractivity contribution in [2.75, 3.05) is 0 Å². The molecule has 1 heterocycles. The monoisotopic (exact) mass is 143 g/mol. The number of aromatic nitrogens is 1. The quantitative estimate of drug-likeness (QED) is 0.617. The summed E-state index contributed by atoms with van der Waals surface area (Å²) in [7, 11) is 0. The number of pyridine rings is 1. The molecule has 0 unspecified atom stereocenters. The third-order valence-corrected chi connectivity index (χ3v) is 1.14. The Balaban J connectivity index is 2.87. The second-order valence-electron chi connectivity index (χ2n) is 1.89. The van der Waals surface area contributed by atoms with E-state index in [-0.39, 0.29) is 11.4 Å². The van der Waals surface area contributed by atoms with Crippen LogP contribution < -0.4 is 0 Å². The predicted octanol–water partition coefficient (Wildman–Crippen LogP) is 2.02. The molecular formula is C7H7F2N. The highest BCUT2D eigenvalue weighted by atomic mass is 19.1. The predicted molar refractivity (Wildman–Crippen MR) is 33.9 cm³/mol. The number of nitrogens with zero attached hydrogens (tertiary/aromatic N) is 1. The van der Waals surface area contributed by atoms with E-state index in [0.717, 1.165) is 0 Å². The first-order valence-corrected chi connectivity index (χ1v) is 2.93. The number of hydrogen-bond donors (Lipinski definition) is 0. The Morgan fingerprint density at radius 1 is 1.10 bits per heavy atom. The Morgan fingerprint density at radius 2 is 1.60 bits per heavy atom. The van der Waals surface area contributed by atoms with Gasteiger partial charge in [0, 0.05) is 0 Å². The van der Waals surface area contributed by atoms with Crippen LogP contribution >= 0.6 is 0 Å². The van der Waals surface area contributed by atoms with Gasteiger partial charge >= 0.3 is 0 Å². The van der Waals surface area contributed by atoms with Crippen molar-refractivity contribution in [1.82, 2.24) is 4.98 Å². The molecule has 1 aromatic heterocycles. The third kappa shape index (κ3) is 1.50. The molecule has 0 bridgehead atoms. The minimum absolute atomic E-state index is 0.287. The topological polar surface area (TPSA) is 12.9 Å². The molecule has 0 fully saturated rings. The third-order valence-electron chi connectivity index (χ3n) is 1.14. The molecule has 0 aliphatic carbocycles. The highest BCUT2D eigenvalue weighted by molar-refractivity contribution is 5.09. The molecule has 1 nitrogen and oxygen atoms in total. The Kier molecular flexibility index (Phi) is 2.31. The number of hydrogen-bond acceptors (Lipinski definition) is 1. The summed E-state index contributed by atoms with van der Waals surface area (Å²) in [4.78, 5) is 3.66. The van der Waals surface area contributed by atoms with Gasteiger partial charge in [-0.1, -0.05) is 6.07 Å². The second kappa shape index (κ2) is 3.25. The largest absolute Gasteiger partial charge is 0.252 e. The first-order valence-electron chi connectivity index (χ1n) is 2.93. The summed E-state index contributed by atoms with van der Waals surface area (Å²) in [5.74, 6) is 0. The van der Waals surface area contributed by atoms with Gasteiger partial charge in [-0.3, -0.25) is 4.98 Å². The van der Waals surface area contributed by atoms with Crippen molar-refractivity contribution < 1.29 is 8.78 Å². The van der Waals surface area contributed by atoms with E-state index in [0.29, 0.717) is 0 Å². The van der Waals surface area contributed by atoms with Gasteiger partial charge in [-0.15, -0.1) is 0 Å². The van der Waals surface area contributed by atoms with Crippen molar-refractivity contribution in [3.63, 3.8) is 0 Å². The first kappa shape index (κ1) is 7.12. The highest BCUT2D eigenvalue weighted by Gasteiger charge is 1.94. The lowest BCUT2D eigenvalue weighted by atomic mass is 10.3. The molecule has 10 heavy (non-hydrogen) atoms. The summed E-state index contributed by atoms with van der Waals surface area (Å²) in [6, 6.07) is 4.65. The van der Waals surface area contributed by atoms with E-state index in [4.69, 9.17) is 0 Å². The maximum absolute atomic E-state index is 11.9. The average Bonchev–Trinajstić information content (AvgIpc) is 2.05. The standard InChI is InChI=1S/C7H7F2N/c8-4-6-2-1-3-7(5-9)10-6/h1-3H,4-5H2. The molecule has 0 aliphatic rings. The van der Waals surface area contributed by atoms with Crippen LogP contribution in [-0.2, 0) is 13.3 Å². The molecule has 1 rings (SSSR count). The molecule has 0 radical (unpaired) electrons. The van der Waals surface area contributed by atoms with Crippen LogP contribution in [0.3, 0.4) is 0 Å². The Hall–Kier alpha value is -0.990. The number of rotatable bonds is 2. The molecule has 0 saturated heterocycles.